The first-order chi connectivity index (χ1) is 12.0. The number of carbonyl (C=O) groups is 3. The molecule has 2 aromatic carbocycles. The van der Waals surface area contributed by atoms with Crippen LogP contribution in [0.15, 0.2) is 48.5 Å². The standard InChI is InChI=1S/C19H16ClNO3S/c20-15-3-1-2-14(11-15)16(22)9-8-12-4-6-13(7-5-12)10-17-18(23)21-19(24)25-17/h1-7,11,17H,8-10H2,(H,21,23,24). The fraction of sp³-hybridized carbons (Fsp3) is 0.211. The fourth-order valence-electron chi connectivity index (χ4n) is 2.65. The zero-order valence-electron chi connectivity index (χ0n) is 13.3. The van der Waals surface area contributed by atoms with Gasteiger partial charge in [0.25, 0.3) is 5.24 Å². The first-order valence-corrected chi connectivity index (χ1v) is 9.15. The molecule has 1 aliphatic rings. The Kier molecular flexibility index (Phi) is 5.56. The van der Waals surface area contributed by atoms with Gasteiger partial charge in [0.1, 0.15) is 0 Å². The van der Waals surface area contributed by atoms with Gasteiger partial charge in [-0.2, -0.15) is 0 Å². The van der Waals surface area contributed by atoms with Crippen molar-refractivity contribution < 1.29 is 14.4 Å². The second-order valence-corrected chi connectivity index (χ2v) is 7.45. The number of Topliss-reactive ketones (excluding diaryl/α,β-unsaturated/α-hetero) is 1. The van der Waals surface area contributed by atoms with Crippen molar-refractivity contribution in [1.82, 2.24) is 5.32 Å². The number of benzene rings is 2. The van der Waals surface area contributed by atoms with Crippen molar-refractivity contribution in [3.05, 3.63) is 70.2 Å². The van der Waals surface area contributed by atoms with Gasteiger partial charge in [0.15, 0.2) is 5.78 Å². The molecule has 1 saturated heterocycles. The van der Waals surface area contributed by atoms with E-state index in [1.165, 1.54) is 0 Å². The molecule has 2 amide bonds. The molecule has 1 N–H and O–H groups in total. The van der Waals surface area contributed by atoms with Crippen LogP contribution in [-0.2, 0) is 17.6 Å². The number of hydrogen-bond acceptors (Lipinski definition) is 4. The Labute approximate surface area is 154 Å². The van der Waals surface area contributed by atoms with E-state index in [1.807, 2.05) is 24.3 Å². The first kappa shape index (κ1) is 17.7. The summed E-state index contributed by atoms with van der Waals surface area (Å²) in [4.78, 5) is 35.0. The van der Waals surface area contributed by atoms with Crippen LogP contribution in [0.2, 0.25) is 5.02 Å². The van der Waals surface area contributed by atoms with E-state index < -0.39 is 0 Å². The van der Waals surface area contributed by atoms with Crippen LogP contribution in [0.5, 0.6) is 0 Å². The van der Waals surface area contributed by atoms with Crippen molar-refractivity contribution in [3.63, 3.8) is 0 Å². The summed E-state index contributed by atoms with van der Waals surface area (Å²) in [6.07, 6.45) is 1.57. The van der Waals surface area contributed by atoms with Crippen LogP contribution in [0.25, 0.3) is 0 Å². The number of ketones is 1. The molecule has 6 heteroatoms. The number of aryl methyl sites for hydroxylation is 1. The first-order valence-electron chi connectivity index (χ1n) is 7.89. The Balaban J connectivity index is 1.55. The molecule has 0 spiro atoms. The lowest BCUT2D eigenvalue weighted by Crippen LogP contribution is -2.25. The third-order valence-corrected chi connectivity index (χ3v) is 5.21. The Morgan fingerprint density at radius 1 is 1.08 bits per heavy atom. The minimum atomic E-state index is -0.359. The summed E-state index contributed by atoms with van der Waals surface area (Å²) < 4.78 is 0. The van der Waals surface area contributed by atoms with E-state index in [9.17, 15) is 14.4 Å². The maximum Gasteiger partial charge on any atom is 0.286 e. The van der Waals surface area contributed by atoms with Crippen LogP contribution in [0.4, 0.5) is 4.79 Å². The van der Waals surface area contributed by atoms with Crippen molar-refractivity contribution in [2.75, 3.05) is 0 Å². The van der Waals surface area contributed by atoms with Crippen molar-refractivity contribution >= 4 is 40.3 Å². The SMILES string of the molecule is O=C1NC(=O)C(Cc2ccc(CCC(=O)c3cccc(Cl)c3)cc2)S1. The number of amides is 2. The Morgan fingerprint density at radius 3 is 2.44 bits per heavy atom. The normalized spacial score (nSPS) is 16.8. The maximum absolute atomic E-state index is 12.2. The summed E-state index contributed by atoms with van der Waals surface area (Å²) in [5.74, 6) is -0.171. The summed E-state index contributed by atoms with van der Waals surface area (Å²) in [7, 11) is 0. The minimum absolute atomic E-state index is 0.0594. The third kappa shape index (κ3) is 4.71. The molecule has 0 aromatic heterocycles. The molecule has 0 saturated carbocycles. The van der Waals surface area contributed by atoms with Gasteiger partial charge >= 0.3 is 0 Å². The predicted molar refractivity (Wildman–Crippen MR) is 99.2 cm³/mol. The quantitative estimate of drug-likeness (QED) is 0.776. The monoisotopic (exact) mass is 373 g/mol. The summed E-state index contributed by atoms with van der Waals surface area (Å²) in [5.41, 5.74) is 2.67. The van der Waals surface area contributed by atoms with E-state index >= 15 is 0 Å². The van der Waals surface area contributed by atoms with E-state index in [1.54, 1.807) is 24.3 Å². The molecular weight excluding hydrogens is 358 g/mol. The van der Waals surface area contributed by atoms with Gasteiger partial charge in [-0.1, -0.05) is 59.8 Å². The highest BCUT2D eigenvalue weighted by Gasteiger charge is 2.31. The summed E-state index contributed by atoms with van der Waals surface area (Å²) in [6, 6.07) is 14.8. The molecular formula is C19H16ClNO3S. The molecule has 0 radical (unpaired) electrons. The molecule has 2 aromatic rings. The molecule has 25 heavy (non-hydrogen) atoms. The molecule has 3 rings (SSSR count). The van der Waals surface area contributed by atoms with Gasteiger partial charge in [-0.3, -0.25) is 19.7 Å². The van der Waals surface area contributed by atoms with Crippen LogP contribution in [0.1, 0.15) is 27.9 Å². The zero-order chi connectivity index (χ0) is 17.8. The number of thioether (sulfide) groups is 1. The Bertz CT molecular complexity index is 820. The van der Waals surface area contributed by atoms with Crippen LogP contribution >= 0.6 is 23.4 Å². The largest absolute Gasteiger partial charge is 0.294 e. The van der Waals surface area contributed by atoms with Crippen molar-refractivity contribution in [2.24, 2.45) is 0 Å². The minimum Gasteiger partial charge on any atom is -0.294 e. The van der Waals surface area contributed by atoms with Crippen molar-refractivity contribution in [2.45, 2.75) is 24.5 Å². The zero-order valence-corrected chi connectivity index (χ0v) is 14.9. The van der Waals surface area contributed by atoms with Gasteiger partial charge < -0.3 is 0 Å². The number of rotatable bonds is 6. The fourth-order valence-corrected chi connectivity index (χ4v) is 3.70. The van der Waals surface area contributed by atoms with Crippen LogP contribution < -0.4 is 5.32 Å². The number of hydrogen-bond donors (Lipinski definition) is 1. The van der Waals surface area contributed by atoms with E-state index in [-0.39, 0.29) is 22.2 Å². The number of carbonyl (C=O) groups excluding carboxylic acids is 3. The summed E-state index contributed by atoms with van der Waals surface area (Å²) in [5, 5.41) is 2.20. The van der Waals surface area contributed by atoms with E-state index in [0.29, 0.717) is 29.8 Å². The van der Waals surface area contributed by atoms with Crippen LogP contribution in [-0.4, -0.2) is 22.2 Å². The highest BCUT2D eigenvalue weighted by Crippen LogP contribution is 2.23. The Morgan fingerprint density at radius 2 is 1.80 bits per heavy atom. The molecule has 1 aliphatic heterocycles. The van der Waals surface area contributed by atoms with Crippen molar-refractivity contribution in [1.29, 1.82) is 0 Å². The highest BCUT2D eigenvalue weighted by molar-refractivity contribution is 8.15. The Hall–Kier alpha value is -2.11. The predicted octanol–water partition coefficient (Wildman–Crippen LogP) is 4.05. The molecule has 1 heterocycles. The summed E-state index contributed by atoms with van der Waals surface area (Å²) >= 11 is 6.94. The summed E-state index contributed by atoms with van der Waals surface area (Å²) in [6.45, 7) is 0. The lowest BCUT2D eigenvalue weighted by molar-refractivity contribution is -0.118. The molecule has 1 atom stereocenters. The molecule has 0 aliphatic carbocycles. The van der Waals surface area contributed by atoms with Crippen molar-refractivity contribution in [3.8, 4) is 0 Å². The highest BCUT2D eigenvalue weighted by atomic mass is 35.5. The lowest BCUT2D eigenvalue weighted by atomic mass is 10.0. The average Bonchev–Trinajstić information content (AvgIpc) is 2.91. The average molecular weight is 374 g/mol. The van der Waals surface area contributed by atoms with Gasteiger partial charge in [0.2, 0.25) is 5.91 Å². The lowest BCUT2D eigenvalue weighted by Gasteiger charge is -2.07. The number of imide groups is 1. The molecule has 128 valence electrons. The maximum atomic E-state index is 12.2. The molecule has 1 fully saturated rings. The molecule has 1 unspecified atom stereocenters. The van der Waals surface area contributed by atoms with Gasteiger partial charge in [0.05, 0.1) is 5.25 Å². The van der Waals surface area contributed by atoms with E-state index in [0.717, 1.165) is 22.9 Å². The van der Waals surface area contributed by atoms with Gasteiger partial charge in [-0.15, -0.1) is 0 Å². The third-order valence-electron chi connectivity index (χ3n) is 4.00. The second-order valence-electron chi connectivity index (χ2n) is 5.84. The topological polar surface area (TPSA) is 63.2 Å². The number of halogens is 1. The van der Waals surface area contributed by atoms with Crippen LogP contribution in [0.3, 0.4) is 0 Å². The van der Waals surface area contributed by atoms with E-state index in [2.05, 4.69) is 5.32 Å². The van der Waals surface area contributed by atoms with Gasteiger partial charge in [0, 0.05) is 17.0 Å². The van der Waals surface area contributed by atoms with Gasteiger partial charge in [-0.25, -0.2) is 0 Å². The number of nitrogens with one attached hydrogen (secondary N) is 1. The molecule has 4 nitrogen and oxygen atoms in total. The van der Waals surface area contributed by atoms with E-state index in [4.69, 9.17) is 11.6 Å². The van der Waals surface area contributed by atoms with Gasteiger partial charge in [-0.05, 0) is 36.1 Å². The van der Waals surface area contributed by atoms with Crippen LogP contribution in [0, 0.1) is 0 Å². The smallest absolute Gasteiger partial charge is 0.286 e. The second kappa shape index (κ2) is 7.85. The molecule has 0 bridgehead atoms.